The van der Waals surface area contributed by atoms with Crippen LogP contribution in [0.15, 0.2) is 77.0 Å². The van der Waals surface area contributed by atoms with Gasteiger partial charge in [0.1, 0.15) is 6.54 Å². The first-order valence-corrected chi connectivity index (χ1v) is 7.33. The van der Waals surface area contributed by atoms with Crippen molar-refractivity contribution in [3.63, 3.8) is 0 Å². The molecule has 4 heteroatoms. The molecule has 3 aromatic rings. The van der Waals surface area contributed by atoms with E-state index in [2.05, 4.69) is 58.2 Å². The number of rotatable bonds is 4. The molecule has 1 heterocycles. The fourth-order valence-electron chi connectivity index (χ4n) is 2.00. The second-order valence-corrected chi connectivity index (χ2v) is 5.62. The minimum absolute atomic E-state index is 0.789. The molecule has 0 saturated carbocycles. The maximum Gasteiger partial charge on any atom is 0.301 e. The number of hydrogen-bond acceptors (Lipinski definition) is 2. The zero-order chi connectivity index (χ0) is 13.8. The van der Waals surface area contributed by atoms with Crippen LogP contribution in [-0.4, -0.2) is 9.78 Å². The zero-order valence-electron chi connectivity index (χ0n) is 11.3. The minimum Gasteiger partial charge on any atom is -0.228 e. The lowest BCUT2D eigenvalue weighted by Crippen LogP contribution is -2.28. The van der Waals surface area contributed by atoms with Gasteiger partial charge < -0.3 is 0 Å². The van der Waals surface area contributed by atoms with Gasteiger partial charge in [-0.2, -0.15) is 0 Å². The summed E-state index contributed by atoms with van der Waals surface area (Å²) in [5, 5.41) is 5.59. The van der Waals surface area contributed by atoms with Gasteiger partial charge in [0, 0.05) is 9.99 Å². The number of nitrogens with zero attached hydrogens (tertiary/aromatic N) is 3. The Morgan fingerprint density at radius 1 is 1.00 bits per heavy atom. The number of benzene rings is 2. The van der Waals surface area contributed by atoms with Gasteiger partial charge in [-0.25, -0.2) is 4.57 Å². The molecule has 0 unspecified atom stereocenters. The average molecular weight is 282 g/mol. The molecule has 0 N–H and O–H groups in total. The first-order chi connectivity index (χ1) is 9.83. The van der Waals surface area contributed by atoms with E-state index >= 15 is 0 Å². The third kappa shape index (κ3) is 2.91. The summed E-state index contributed by atoms with van der Waals surface area (Å²) in [4.78, 5) is 1.22. The second-order valence-electron chi connectivity index (χ2n) is 4.58. The van der Waals surface area contributed by atoms with Gasteiger partial charge in [0.2, 0.25) is 0 Å². The Balaban J connectivity index is 1.86. The van der Waals surface area contributed by atoms with Crippen molar-refractivity contribution < 1.29 is 4.57 Å². The van der Waals surface area contributed by atoms with Crippen molar-refractivity contribution in [1.29, 1.82) is 0 Å². The normalized spacial score (nSPS) is 10.7. The zero-order valence-corrected chi connectivity index (χ0v) is 12.1. The largest absolute Gasteiger partial charge is 0.301 e. The molecule has 1 aromatic heterocycles. The molecule has 0 radical (unpaired) electrons. The van der Waals surface area contributed by atoms with Crippen LogP contribution in [0.1, 0.15) is 5.56 Å². The van der Waals surface area contributed by atoms with E-state index in [0.29, 0.717) is 0 Å². The van der Waals surface area contributed by atoms with Crippen molar-refractivity contribution in [2.24, 2.45) is 7.05 Å². The fraction of sp³-hybridized carbons (Fsp3) is 0.125. The molecule has 0 aliphatic carbocycles. The standard InChI is InChI=1S/C16H16N3S/c1-18-13-17-19(12-14-8-4-2-5-9-14)16(18)20-15-10-6-3-7-11-15/h2-11,13H,12H2,1H3/q+1. The van der Waals surface area contributed by atoms with Crippen LogP contribution in [0.5, 0.6) is 0 Å². The first kappa shape index (κ1) is 12.9. The molecule has 0 saturated heterocycles. The number of aromatic nitrogens is 3. The van der Waals surface area contributed by atoms with Gasteiger partial charge in [-0.15, -0.1) is 0 Å². The van der Waals surface area contributed by atoms with Gasteiger partial charge in [-0.05, 0) is 29.5 Å². The SMILES string of the molecule is C[n+]1cnn(Cc2ccccc2)c1Sc1ccccc1. The lowest BCUT2D eigenvalue weighted by atomic mass is 10.2. The van der Waals surface area contributed by atoms with E-state index in [4.69, 9.17) is 0 Å². The second kappa shape index (κ2) is 5.92. The van der Waals surface area contributed by atoms with Crippen LogP contribution in [-0.2, 0) is 13.6 Å². The lowest BCUT2D eigenvalue weighted by molar-refractivity contribution is -0.710. The molecule has 3 nitrogen and oxygen atoms in total. The molecular formula is C16H16N3S+. The van der Waals surface area contributed by atoms with Crippen molar-refractivity contribution in [2.45, 2.75) is 16.6 Å². The van der Waals surface area contributed by atoms with Gasteiger partial charge in [-0.1, -0.05) is 53.2 Å². The molecule has 0 atom stereocenters. The minimum atomic E-state index is 0.789. The molecular weight excluding hydrogens is 266 g/mol. The van der Waals surface area contributed by atoms with Crippen molar-refractivity contribution in [3.8, 4) is 0 Å². The van der Waals surface area contributed by atoms with Crippen LogP contribution < -0.4 is 4.57 Å². The maximum absolute atomic E-state index is 4.47. The van der Waals surface area contributed by atoms with Crippen LogP contribution in [0.3, 0.4) is 0 Å². The van der Waals surface area contributed by atoms with Crippen molar-refractivity contribution >= 4 is 11.8 Å². The molecule has 3 rings (SSSR count). The highest BCUT2D eigenvalue weighted by Gasteiger charge is 2.17. The molecule has 20 heavy (non-hydrogen) atoms. The Labute approximate surface area is 122 Å². The van der Waals surface area contributed by atoms with Crippen LogP contribution in [0, 0.1) is 0 Å². The van der Waals surface area contributed by atoms with E-state index in [9.17, 15) is 0 Å². The highest BCUT2D eigenvalue weighted by atomic mass is 32.2. The van der Waals surface area contributed by atoms with Crippen molar-refractivity contribution in [1.82, 2.24) is 9.78 Å². The predicted molar refractivity (Wildman–Crippen MR) is 79.5 cm³/mol. The highest BCUT2D eigenvalue weighted by Crippen LogP contribution is 2.24. The predicted octanol–water partition coefficient (Wildman–Crippen LogP) is 2.91. The third-order valence-electron chi connectivity index (χ3n) is 3.01. The molecule has 0 bridgehead atoms. The lowest BCUT2D eigenvalue weighted by Gasteiger charge is -2.01. The van der Waals surface area contributed by atoms with Crippen LogP contribution in [0.25, 0.3) is 0 Å². The molecule has 0 aliphatic rings. The summed E-state index contributed by atoms with van der Waals surface area (Å²) in [6, 6.07) is 20.8. The average Bonchev–Trinajstić information content (AvgIpc) is 2.83. The van der Waals surface area contributed by atoms with Gasteiger partial charge >= 0.3 is 5.16 Å². The molecule has 0 amide bonds. The van der Waals surface area contributed by atoms with E-state index in [1.165, 1.54) is 10.5 Å². The monoisotopic (exact) mass is 282 g/mol. The van der Waals surface area contributed by atoms with E-state index < -0.39 is 0 Å². The first-order valence-electron chi connectivity index (χ1n) is 6.51. The summed E-state index contributed by atoms with van der Waals surface area (Å²) >= 11 is 1.73. The summed E-state index contributed by atoms with van der Waals surface area (Å²) in [7, 11) is 2.03. The Morgan fingerprint density at radius 2 is 1.65 bits per heavy atom. The Morgan fingerprint density at radius 3 is 2.35 bits per heavy atom. The Hall–Kier alpha value is -2.07. The van der Waals surface area contributed by atoms with Gasteiger partial charge in [0.25, 0.3) is 6.33 Å². The van der Waals surface area contributed by atoms with Gasteiger partial charge in [0.15, 0.2) is 0 Å². The summed E-state index contributed by atoms with van der Waals surface area (Å²) < 4.78 is 4.09. The van der Waals surface area contributed by atoms with Crippen LogP contribution >= 0.6 is 11.8 Å². The summed E-state index contributed by atoms with van der Waals surface area (Å²) in [6.07, 6.45) is 1.86. The van der Waals surface area contributed by atoms with Crippen LogP contribution in [0.4, 0.5) is 0 Å². The molecule has 0 aliphatic heterocycles. The number of aryl methyl sites for hydroxylation is 1. The number of hydrogen-bond donors (Lipinski definition) is 0. The van der Waals surface area contributed by atoms with Crippen molar-refractivity contribution in [3.05, 3.63) is 72.6 Å². The summed E-state index contributed by atoms with van der Waals surface area (Å²) in [6.45, 7) is 0.789. The van der Waals surface area contributed by atoms with Crippen molar-refractivity contribution in [2.75, 3.05) is 0 Å². The fourth-order valence-corrected chi connectivity index (χ4v) is 2.92. The van der Waals surface area contributed by atoms with Gasteiger partial charge in [0.05, 0.1) is 7.05 Å². The van der Waals surface area contributed by atoms with Crippen LogP contribution in [0.2, 0.25) is 0 Å². The Bertz CT molecular complexity index is 677. The Kier molecular flexibility index (Phi) is 3.83. The van der Waals surface area contributed by atoms with E-state index in [1.807, 2.05) is 30.2 Å². The molecule has 0 fully saturated rings. The topological polar surface area (TPSA) is 21.7 Å². The summed E-state index contributed by atoms with van der Waals surface area (Å²) in [5.41, 5.74) is 1.26. The maximum atomic E-state index is 4.47. The summed E-state index contributed by atoms with van der Waals surface area (Å²) in [5.74, 6) is 0. The smallest absolute Gasteiger partial charge is 0.228 e. The van der Waals surface area contributed by atoms with E-state index in [1.54, 1.807) is 11.8 Å². The quantitative estimate of drug-likeness (QED) is 0.686. The highest BCUT2D eigenvalue weighted by molar-refractivity contribution is 7.99. The van der Waals surface area contributed by atoms with E-state index in [-0.39, 0.29) is 0 Å². The molecule has 2 aromatic carbocycles. The van der Waals surface area contributed by atoms with E-state index in [0.717, 1.165) is 11.7 Å². The third-order valence-corrected chi connectivity index (χ3v) is 4.20. The molecule has 0 spiro atoms. The molecule has 100 valence electrons. The van der Waals surface area contributed by atoms with Gasteiger partial charge in [-0.3, -0.25) is 0 Å².